The molecule has 0 saturated carbocycles. The molecule has 0 saturated heterocycles. The standard InChI is InChI=1S/C17H16INO/c1-12(20)14-4-7-17-15(10-14)8-9-19(17)11-13-2-5-16(18)6-3-13/h2-7,10H,8-9,11H2,1H3. The number of benzene rings is 2. The Bertz CT molecular complexity index is 649. The van der Waals surface area contributed by atoms with Crippen LogP contribution in [0.25, 0.3) is 0 Å². The van der Waals surface area contributed by atoms with Crippen LogP contribution in [0.4, 0.5) is 5.69 Å². The first-order valence-electron chi connectivity index (χ1n) is 6.77. The highest BCUT2D eigenvalue weighted by molar-refractivity contribution is 14.1. The molecule has 0 N–H and O–H groups in total. The third-order valence-corrected chi connectivity index (χ3v) is 4.48. The molecule has 3 rings (SSSR count). The minimum absolute atomic E-state index is 0.142. The summed E-state index contributed by atoms with van der Waals surface area (Å²) in [5, 5.41) is 0. The minimum Gasteiger partial charge on any atom is -0.367 e. The van der Waals surface area contributed by atoms with Gasteiger partial charge in [0.05, 0.1) is 0 Å². The maximum absolute atomic E-state index is 11.4. The second kappa shape index (κ2) is 5.56. The topological polar surface area (TPSA) is 20.3 Å². The van der Waals surface area contributed by atoms with Crippen molar-refractivity contribution in [3.8, 4) is 0 Å². The summed E-state index contributed by atoms with van der Waals surface area (Å²) in [5.41, 5.74) is 4.71. The van der Waals surface area contributed by atoms with E-state index in [0.717, 1.165) is 25.1 Å². The number of anilines is 1. The van der Waals surface area contributed by atoms with E-state index in [0.29, 0.717) is 0 Å². The number of nitrogens with zero attached hydrogens (tertiary/aromatic N) is 1. The average Bonchev–Trinajstić information content (AvgIpc) is 2.84. The highest BCUT2D eigenvalue weighted by atomic mass is 127. The molecule has 3 heteroatoms. The first-order chi connectivity index (χ1) is 9.63. The Morgan fingerprint density at radius 1 is 1.20 bits per heavy atom. The number of rotatable bonds is 3. The zero-order valence-corrected chi connectivity index (χ0v) is 13.6. The Balaban J connectivity index is 1.82. The van der Waals surface area contributed by atoms with E-state index in [4.69, 9.17) is 0 Å². The second-order valence-corrected chi connectivity index (χ2v) is 6.44. The molecule has 20 heavy (non-hydrogen) atoms. The van der Waals surface area contributed by atoms with Crippen molar-refractivity contribution >= 4 is 34.1 Å². The molecule has 0 radical (unpaired) electrons. The van der Waals surface area contributed by atoms with Crippen LogP contribution in [0.15, 0.2) is 42.5 Å². The zero-order valence-electron chi connectivity index (χ0n) is 11.4. The Morgan fingerprint density at radius 2 is 1.95 bits per heavy atom. The van der Waals surface area contributed by atoms with E-state index in [1.807, 2.05) is 12.1 Å². The fraction of sp³-hybridized carbons (Fsp3) is 0.235. The molecule has 2 aromatic carbocycles. The van der Waals surface area contributed by atoms with E-state index < -0.39 is 0 Å². The molecule has 1 aliphatic rings. The van der Waals surface area contributed by atoms with E-state index in [9.17, 15) is 4.79 Å². The maximum atomic E-state index is 11.4. The molecular formula is C17H16INO. The van der Waals surface area contributed by atoms with Crippen LogP contribution < -0.4 is 4.90 Å². The number of hydrogen-bond donors (Lipinski definition) is 0. The van der Waals surface area contributed by atoms with Gasteiger partial charge >= 0.3 is 0 Å². The summed E-state index contributed by atoms with van der Waals surface area (Å²) in [7, 11) is 0. The third kappa shape index (κ3) is 2.73. The van der Waals surface area contributed by atoms with Crippen molar-refractivity contribution in [2.75, 3.05) is 11.4 Å². The average molecular weight is 377 g/mol. The minimum atomic E-state index is 0.142. The fourth-order valence-electron chi connectivity index (χ4n) is 2.66. The van der Waals surface area contributed by atoms with Crippen LogP contribution in [0.5, 0.6) is 0 Å². The van der Waals surface area contributed by atoms with E-state index >= 15 is 0 Å². The van der Waals surface area contributed by atoms with Crippen LogP contribution in [-0.4, -0.2) is 12.3 Å². The van der Waals surface area contributed by atoms with Gasteiger partial charge in [0.25, 0.3) is 0 Å². The summed E-state index contributed by atoms with van der Waals surface area (Å²) in [6.07, 6.45) is 1.03. The predicted octanol–water partition coefficient (Wildman–Crippen LogP) is 4.06. The van der Waals surface area contributed by atoms with Crippen LogP contribution in [0.3, 0.4) is 0 Å². The second-order valence-electron chi connectivity index (χ2n) is 5.20. The summed E-state index contributed by atoms with van der Waals surface area (Å²) in [6, 6.07) is 14.7. The number of hydrogen-bond acceptors (Lipinski definition) is 2. The van der Waals surface area contributed by atoms with Crippen molar-refractivity contribution in [1.82, 2.24) is 0 Å². The predicted molar refractivity (Wildman–Crippen MR) is 90.4 cm³/mol. The number of Topliss-reactive ketones (excluding diaryl/α,β-unsaturated/α-hetero) is 1. The van der Waals surface area contributed by atoms with Crippen molar-refractivity contribution in [3.05, 3.63) is 62.7 Å². The van der Waals surface area contributed by atoms with Crippen molar-refractivity contribution in [3.63, 3.8) is 0 Å². The number of carbonyl (C=O) groups is 1. The lowest BCUT2D eigenvalue weighted by atomic mass is 10.1. The fourth-order valence-corrected chi connectivity index (χ4v) is 3.02. The van der Waals surface area contributed by atoms with Gasteiger partial charge < -0.3 is 4.90 Å². The van der Waals surface area contributed by atoms with E-state index in [1.54, 1.807) is 6.92 Å². The van der Waals surface area contributed by atoms with Gasteiger partial charge in [-0.05, 0) is 77.4 Å². The van der Waals surface area contributed by atoms with Gasteiger partial charge in [-0.2, -0.15) is 0 Å². The number of halogens is 1. The molecule has 0 unspecified atom stereocenters. The maximum Gasteiger partial charge on any atom is 0.159 e. The SMILES string of the molecule is CC(=O)c1ccc2c(c1)CCN2Cc1ccc(I)cc1. The van der Waals surface area contributed by atoms with Crippen molar-refractivity contribution < 1.29 is 4.79 Å². The van der Waals surface area contributed by atoms with Crippen molar-refractivity contribution in [2.24, 2.45) is 0 Å². The molecule has 0 fully saturated rings. The molecule has 0 bridgehead atoms. The number of ketones is 1. The lowest BCUT2D eigenvalue weighted by Crippen LogP contribution is -2.19. The van der Waals surface area contributed by atoms with Gasteiger partial charge in [-0.1, -0.05) is 12.1 Å². The van der Waals surface area contributed by atoms with Gasteiger partial charge in [0.15, 0.2) is 5.78 Å². The summed E-state index contributed by atoms with van der Waals surface area (Å²) in [6.45, 7) is 3.59. The summed E-state index contributed by atoms with van der Waals surface area (Å²) >= 11 is 2.33. The smallest absolute Gasteiger partial charge is 0.159 e. The van der Waals surface area contributed by atoms with Crippen LogP contribution in [0, 0.1) is 3.57 Å². The Kier molecular flexibility index (Phi) is 3.78. The van der Waals surface area contributed by atoms with Crippen LogP contribution in [-0.2, 0) is 13.0 Å². The van der Waals surface area contributed by atoms with Crippen molar-refractivity contribution in [2.45, 2.75) is 19.9 Å². The van der Waals surface area contributed by atoms with Gasteiger partial charge in [-0.3, -0.25) is 4.79 Å². The molecule has 0 atom stereocenters. The van der Waals surface area contributed by atoms with Crippen LogP contribution in [0.2, 0.25) is 0 Å². The van der Waals surface area contributed by atoms with Gasteiger partial charge in [0.1, 0.15) is 0 Å². The zero-order chi connectivity index (χ0) is 14.1. The summed E-state index contributed by atoms with van der Waals surface area (Å²) in [5.74, 6) is 0.142. The molecule has 0 amide bonds. The number of carbonyl (C=O) groups excluding carboxylic acids is 1. The van der Waals surface area contributed by atoms with Gasteiger partial charge in [-0.15, -0.1) is 0 Å². The Hall–Kier alpha value is -1.36. The monoisotopic (exact) mass is 377 g/mol. The third-order valence-electron chi connectivity index (χ3n) is 3.76. The molecule has 1 heterocycles. The van der Waals surface area contributed by atoms with E-state index in [2.05, 4.69) is 57.8 Å². The first kappa shape index (κ1) is 13.6. The van der Waals surface area contributed by atoms with Gasteiger partial charge in [-0.25, -0.2) is 0 Å². The van der Waals surface area contributed by atoms with Crippen LogP contribution in [0.1, 0.15) is 28.4 Å². The van der Waals surface area contributed by atoms with Crippen LogP contribution >= 0.6 is 22.6 Å². The number of fused-ring (bicyclic) bond motifs is 1. The van der Waals surface area contributed by atoms with E-state index in [1.165, 1.54) is 20.4 Å². The van der Waals surface area contributed by atoms with Gasteiger partial charge in [0.2, 0.25) is 0 Å². The molecule has 0 spiro atoms. The van der Waals surface area contributed by atoms with Gasteiger partial charge in [0, 0.05) is 27.9 Å². The molecule has 102 valence electrons. The molecular weight excluding hydrogens is 361 g/mol. The quantitative estimate of drug-likeness (QED) is 0.594. The molecule has 0 aliphatic carbocycles. The normalized spacial score (nSPS) is 13.4. The van der Waals surface area contributed by atoms with Crippen molar-refractivity contribution in [1.29, 1.82) is 0 Å². The lowest BCUT2D eigenvalue weighted by Gasteiger charge is -2.19. The first-order valence-corrected chi connectivity index (χ1v) is 7.84. The molecule has 1 aliphatic heterocycles. The highest BCUT2D eigenvalue weighted by Gasteiger charge is 2.19. The molecule has 2 aromatic rings. The van der Waals surface area contributed by atoms with E-state index in [-0.39, 0.29) is 5.78 Å². The summed E-state index contributed by atoms with van der Waals surface area (Å²) in [4.78, 5) is 13.8. The molecule has 0 aromatic heterocycles. The largest absolute Gasteiger partial charge is 0.367 e. The lowest BCUT2D eigenvalue weighted by molar-refractivity contribution is 0.101. The Labute approximate surface area is 132 Å². The Morgan fingerprint density at radius 3 is 2.65 bits per heavy atom. The highest BCUT2D eigenvalue weighted by Crippen LogP contribution is 2.30. The molecule has 2 nitrogen and oxygen atoms in total. The summed E-state index contributed by atoms with van der Waals surface area (Å²) < 4.78 is 1.26.